The third kappa shape index (κ3) is 4.68. The Morgan fingerprint density at radius 1 is 0.588 bits per heavy atom. The van der Waals surface area contributed by atoms with E-state index in [9.17, 15) is 31.1 Å². The SMILES string of the molecule is O=C(c1ccc(C(F)(F)F)cc1-c1ccccn1)c1ccc(C(F)(F)F)cc1-c1ccccn1. The van der Waals surface area contributed by atoms with Crippen LogP contribution in [0.4, 0.5) is 26.3 Å². The van der Waals surface area contributed by atoms with Crippen LogP contribution >= 0.6 is 0 Å². The van der Waals surface area contributed by atoms with Gasteiger partial charge in [-0.05, 0) is 60.7 Å². The van der Waals surface area contributed by atoms with Crippen LogP contribution in [0.15, 0.2) is 85.2 Å². The molecule has 0 saturated carbocycles. The predicted molar refractivity (Wildman–Crippen MR) is 113 cm³/mol. The Balaban J connectivity index is 1.93. The zero-order valence-electron chi connectivity index (χ0n) is 17.2. The second-order valence-electron chi connectivity index (χ2n) is 7.28. The largest absolute Gasteiger partial charge is 0.416 e. The van der Waals surface area contributed by atoms with Gasteiger partial charge in [-0.1, -0.05) is 12.1 Å². The van der Waals surface area contributed by atoms with Crippen LogP contribution in [-0.4, -0.2) is 15.8 Å². The third-order valence-electron chi connectivity index (χ3n) is 5.06. The molecule has 0 aliphatic heterocycles. The summed E-state index contributed by atoms with van der Waals surface area (Å²) in [6, 6.07) is 14.2. The molecule has 0 atom stereocenters. The molecular formula is C25H14F6N2O. The molecule has 3 nitrogen and oxygen atoms in total. The normalized spacial score (nSPS) is 11.9. The van der Waals surface area contributed by atoms with Gasteiger partial charge >= 0.3 is 12.4 Å². The molecule has 0 aliphatic carbocycles. The molecule has 0 amide bonds. The van der Waals surface area contributed by atoms with Gasteiger partial charge in [0.05, 0.1) is 22.5 Å². The van der Waals surface area contributed by atoms with Gasteiger partial charge in [0.15, 0.2) is 5.78 Å². The number of nitrogens with zero attached hydrogens (tertiary/aromatic N) is 2. The number of halogens is 6. The van der Waals surface area contributed by atoms with E-state index in [4.69, 9.17) is 0 Å². The predicted octanol–water partition coefficient (Wildman–Crippen LogP) is 7.08. The van der Waals surface area contributed by atoms with Crippen molar-refractivity contribution >= 4 is 5.78 Å². The monoisotopic (exact) mass is 472 g/mol. The van der Waals surface area contributed by atoms with Crippen LogP contribution in [-0.2, 0) is 12.4 Å². The lowest BCUT2D eigenvalue weighted by atomic mass is 9.90. The summed E-state index contributed by atoms with van der Waals surface area (Å²) in [6.07, 6.45) is -6.61. The first-order chi connectivity index (χ1) is 16.1. The van der Waals surface area contributed by atoms with Gasteiger partial charge in [0.2, 0.25) is 0 Å². The quantitative estimate of drug-likeness (QED) is 0.236. The number of aromatic nitrogens is 2. The van der Waals surface area contributed by atoms with Crippen molar-refractivity contribution in [2.45, 2.75) is 12.4 Å². The molecule has 172 valence electrons. The van der Waals surface area contributed by atoms with Gasteiger partial charge in [0, 0.05) is 34.6 Å². The zero-order chi connectivity index (χ0) is 24.5. The first kappa shape index (κ1) is 23.2. The Bertz CT molecular complexity index is 1230. The van der Waals surface area contributed by atoms with E-state index in [1.165, 1.54) is 24.5 Å². The fourth-order valence-corrected chi connectivity index (χ4v) is 3.45. The maximum absolute atomic E-state index is 13.5. The van der Waals surface area contributed by atoms with Crippen molar-refractivity contribution in [1.82, 2.24) is 9.97 Å². The average molecular weight is 472 g/mol. The van der Waals surface area contributed by atoms with Crippen LogP contribution in [0, 0.1) is 0 Å². The summed E-state index contributed by atoms with van der Waals surface area (Å²) in [5.41, 5.74) is -2.19. The molecule has 0 spiro atoms. The van der Waals surface area contributed by atoms with Crippen LogP contribution in [0.3, 0.4) is 0 Å². The minimum Gasteiger partial charge on any atom is -0.289 e. The van der Waals surface area contributed by atoms with Crippen LogP contribution in [0.2, 0.25) is 0 Å². The summed E-state index contributed by atoms with van der Waals surface area (Å²) in [7, 11) is 0. The highest BCUT2D eigenvalue weighted by Crippen LogP contribution is 2.37. The number of hydrogen-bond donors (Lipinski definition) is 0. The van der Waals surface area contributed by atoms with E-state index in [0.717, 1.165) is 36.4 Å². The lowest BCUT2D eigenvalue weighted by Crippen LogP contribution is -2.12. The van der Waals surface area contributed by atoms with Crippen molar-refractivity contribution in [2.24, 2.45) is 0 Å². The van der Waals surface area contributed by atoms with Gasteiger partial charge < -0.3 is 0 Å². The van der Waals surface area contributed by atoms with Crippen molar-refractivity contribution < 1.29 is 31.1 Å². The molecule has 34 heavy (non-hydrogen) atoms. The number of pyridine rings is 2. The van der Waals surface area contributed by atoms with Gasteiger partial charge in [0.1, 0.15) is 0 Å². The molecule has 2 heterocycles. The van der Waals surface area contributed by atoms with E-state index in [-0.39, 0.29) is 33.6 Å². The van der Waals surface area contributed by atoms with Crippen molar-refractivity contribution in [3.8, 4) is 22.5 Å². The second-order valence-corrected chi connectivity index (χ2v) is 7.28. The summed E-state index contributed by atoms with van der Waals surface area (Å²) in [5.74, 6) is -0.760. The highest BCUT2D eigenvalue weighted by molar-refractivity contribution is 6.15. The standard InChI is InChI=1S/C25H14F6N2O/c26-24(27,28)15-7-9-17(19(13-15)21-5-1-3-11-32-21)23(34)18-10-8-16(25(29,30)31)14-20(18)22-6-2-4-12-33-22/h1-14H. The average Bonchev–Trinajstić information content (AvgIpc) is 2.83. The molecule has 0 saturated heterocycles. The van der Waals surface area contributed by atoms with E-state index in [2.05, 4.69) is 9.97 Å². The molecule has 0 aliphatic rings. The first-order valence-corrected chi connectivity index (χ1v) is 9.86. The number of benzene rings is 2. The summed E-state index contributed by atoms with van der Waals surface area (Å²) < 4.78 is 80.2. The maximum atomic E-state index is 13.5. The Hall–Kier alpha value is -4.01. The highest BCUT2D eigenvalue weighted by Gasteiger charge is 2.34. The summed E-state index contributed by atoms with van der Waals surface area (Å²) in [6.45, 7) is 0. The molecule has 2 aromatic heterocycles. The Labute approximate surface area is 189 Å². The van der Waals surface area contributed by atoms with E-state index in [1.54, 1.807) is 24.3 Å². The maximum Gasteiger partial charge on any atom is 0.416 e. The number of hydrogen-bond acceptors (Lipinski definition) is 3. The number of rotatable bonds is 4. The molecule has 0 fully saturated rings. The minimum absolute atomic E-state index is 0.0905. The molecule has 0 unspecified atom stereocenters. The first-order valence-electron chi connectivity index (χ1n) is 9.86. The fraction of sp³-hybridized carbons (Fsp3) is 0.0800. The van der Waals surface area contributed by atoms with Gasteiger partial charge in [-0.3, -0.25) is 14.8 Å². The van der Waals surface area contributed by atoms with Crippen LogP contribution in [0.1, 0.15) is 27.0 Å². The Morgan fingerprint density at radius 2 is 1.00 bits per heavy atom. The molecule has 0 N–H and O–H groups in total. The van der Waals surface area contributed by atoms with Gasteiger partial charge in [-0.2, -0.15) is 26.3 Å². The Morgan fingerprint density at radius 3 is 1.32 bits per heavy atom. The summed E-state index contributed by atoms with van der Waals surface area (Å²) in [5, 5.41) is 0. The van der Waals surface area contributed by atoms with Crippen molar-refractivity contribution in [3.05, 3.63) is 107 Å². The highest BCUT2D eigenvalue weighted by atomic mass is 19.4. The number of carbonyl (C=O) groups is 1. The van der Waals surface area contributed by atoms with Gasteiger partial charge in [-0.25, -0.2) is 0 Å². The molecule has 9 heteroatoms. The topological polar surface area (TPSA) is 42.9 Å². The van der Waals surface area contributed by atoms with Gasteiger partial charge in [0.25, 0.3) is 0 Å². The molecule has 0 radical (unpaired) electrons. The lowest BCUT2D eigenvalue weighted by molar-refractivity contribution is -0.138. The second kappa shape index (κ2) is 8.74. The molecule has 0 bridgehead atoms. The van der Waals surface area contributed by atoms with E-state index >= 15 is 0 Å². The third-order valence-corrected chi connectivity index (χ3v) is 5.06. The molecule has 4 rings (SSSR count). The van der Waals surface area contributed by atoms with E-state index < -0.39 is 29.3 Å². The lowest BCUT2D eigenvalue weighted by Gasteiger charge is -2.16. The Kier molecular flexibility index (Phi) is 5.95. The fourth-order valence-electron chi connectivity index (χ4n) is 3.45. The smallest absolute Gasteiger partial charge is 0.289 e. The van der Waals surface area contributed by atoms with E-state index in [0.29, 0.717) is 0 Å². The van der Waals surface area contributed by atoms with Crippen LogP contribution in [0.25, 0.3) is 22.5 Å². The van der Waals surface area contributed by atoms with Crippen LogP contribution < -0.4 is 0 Å². The van der Waals surface area contributed by atoms with Crippen LogP contribution in [0.5, 0.6) is 0 Å². The van der Waals surface area contributed by atoms with E-state index in [1.807, 2.05) is 0 Å². The molecule has 2 aromatic carbocycles. The van der Waals surface area contributed by atoms with Gasteiger partial charge in [-0.15, -0.1) is 0 Å². The number of carbonyl (C=O) groups excluding carboxylic acids is 1. The summed E-state index contributed by atoms with van der Waals surface area (Å²) >= 11 is 0. The molecule has 4 aromatic rings. The minimum atomic E-state index is -4.67. The van der Waals surface area contributed by atoms with Crippen molar-refractivity contribution in [2.75, 3.05) is 0 Å². The molecular weight excluding hydrogens is 458 g/mol. The zero-order valence-corrected chi connectivity index (χ0v) is 17.2. The van der Waals surface area contributed by atoms with Crippen molar-refractivity contribution in [1.29, 1.82) is 0 Å². The van der Waals surface area contributed by atoms with Crippen molar-refractivity contribution in [3.63, 3.8) is 0 Å². The number of ketones is 1. The number of alkyl halides is 6. The summed E-state index contributed by atoms with van der Waals surface area (Å²) in [4.78, 5) is 21.6.